The van der Waals surface area contributed by atoms with Gasteiger partial charge in [-0.1, -0.05) is 41.3 Å². The minimum atomic E-state index is -0.0760. The number of nitrogens with two attached hydrogens (primary N) is 1. The fourth-order valence-corrected chi connectivity index (χ4v) is 3.29. The molecule has 2 rings (SSSR count). The second-order valence-electron chi connectivity index (χ2n) is 5.90. The van der Waals surface area contributed by atoms with Crippen LogP contribution in [0.15, 0.2) is 27.7 Å². The number of nitrogens with one attached hydrogen (secondary N) is 1. The fraction of sp³-hybridized carbons (Fsp3) is 0.412. The quantitative estimate of drug-likeness (QED) is 0.347. The molecule has 2 atom stereocenters. The molecule has 0 aliphatic heterocycles. The van der Waals surface area contributed by atoms with E-state index in [1.165, 1.54) is 0 Å². The molecule has 1 aromatic carbocycles. The Labute approximate surface area is 175 Å². The van der Waals surface area contributed by atoms with E-state index in [-0.39, 0.29) is 35.9 Å². The molecule has 0 saturated heterocycles. The van der Waals surface area contributed by atoms with Crippen LogP contribution in [0.4, 0.5) is 0 Å². The van der Waals surface area contributed by atoms with Gasteiger partial charge in [-0.25, -0.2) is 0 Å². The van der Waals surface area contributed by atoms with E-state index in [4.69, 9.17) is 33.5 Å². The summed E-state index contributed by atoms with van der Waals surface area (Å²) < 4.78 is 5.20. The molecule has 5 nitrogen and oxygen atoms in total. The first-order valence-corrected chi connectivity index (χ1v) is 8.49. The standard InChI is InChI=1S/C17H22Cl2N4O.HI/c1-9(16-11(3)23-24-12(16)4)8-21-17(20)22-10(2)14-6-5-13(18)7-15(14)19;/h5-7,9-10H,8H2,1-4H3,(H3,20,21,22);1H. The third-order valence-corrected chi connectivity index (χ3v) is 4.47. The van der Waals surface area contributed by atoms with E-state index in [1.807, 2.05) is 26.8 Å². The van der Waals surface area contributed by atoms with Crippen LogP contribution in [-0.2, 0) is 0 Å². The summed E-state index contributed by atoms with van der Waals surface area (Å²) >= 11 is 12.1. The predicted octanol–water partition coefficient (Wildman–Crippen LogP) is 4.99. The SMILES string of the molecule is Cc1noc(C)c1C(C)CN=C(N)NC(C)c1ccc(Cl)cc1Cl.I. The zero-order chi connectivity index (χ0) is 17.9. The van der Waals surface area contributed by atoms with E-state index in [0.717, 1.165) is 22.6 Å². The Hall–Kier alpha value is -0.990. The van der Waals surface area contributed by atoms with Gasteiger partial charge in [0.05, 0.1) is 11.7 Å². The van der Waals surface area contributed by atoms with Gasteiger partial charge in [0, 0.05) is 28.1 Å². The minimum absolute atomic E-state index is 0. The van der Waals surface area contributed by atoms with Crippen LogP contribution in [0.5, 0.6) is 0 Å². The van der Waals surface area contributed by atoms with Crippen LogP contribution in [0.2, 0.25) is 10.0 Å². The van der Waals surface area contributed by atoms with E-state index < -0.39 is 0 Å². The highest BCUT2D eigenvalue weighted by Gasteiger charge is 2.16. The maximum absolute atomic E-state index is 6.22. The second kappa shape index (κ2) is 9.64. The first-order chi connectivity index (χ1) is 11.3. The molecule has 138 valence electrons. The van der Waals surface area contributed by atoms with Gasteiger partial charge in [-0.3, -0.25) is 4.99 Å². The summed E-state index contributed by atoms with van der Waals surface area (Å²) in [6.45, 7) is 8.42. The monoisotopic (exact) mass is 496 g/mol. The second-order valence-corrected chi connectivity index (χ2v) is 6.74. The molecular weight excluding hydrogens is 474 g/mol. The van der Waals surface area contributed by atoms with E-state index in [1.54, 1.807) is 12.1 Å². The Morgan fingerprint density at radius 2 is 2.00 bits per heavy atom. The van der Waals surface area contributed by atoms with Crippen molar-refractivity contribution in [2.45, 2.75) is 39.7 Å². The predicted molar refractivity (Wildman–Crippen MR) is 114 cm³/mol. The number of aryl methyl sites for hydroxylation is 2. The minimum Gasteiger partial charge on any atom is -0.370 e. The van der Waals surface area contributed by atoms with Crippen LogP contribution in [-0.4, -0.2) is 17.7 Å². The van der Waals surface area contributed by atoms with Crippen molar-refractivity contribution >= 4 is 53.1 Å². The van der Waals surface area contributed by atoms with Crippen molar-refractivity contribution in [3.05, 3.63) is 50.8 Å². The Morgan fingerprint density at radius 3 is 2.56 bits per heavy atom. The molecule has 0 aliphatic rings. The van der Waals surface area contributed by atoms with E-state index in [2.05, 4.69) is 22.4 Å². The van der Waals surface area contributed by atoms with E-state index >= 15 is 0 Å². The molecule has 0 saturated carbocycles. The van der Waals surface area contributed by atoms with Crippen LogP contribution in [0.1, 0.15) is 48.4 Å². The number of rotatable bonds is 5. The lowest BCUT2D eigenvalue weighted by molar-refractivity contribution is 0.391. The lowest BCUT2D eigenvalue weighted by Gasteiger charge is -2.17. The van der Waals surface area contributed by atoms with Gasteiger partial charge in [-0.15, -0.1) is 24.0 Å². The molecule has 25 heavy (non-hydrogen) atoms. The summed E-state index contributed by atoms with van der Waals surface area (Å²) in [4.78, 5) is 4.42. The van der Waals surface area contributed by atoms with Gasteiger partial charge in [0.15, 0.2) is 5.96 Å². The van der Waals surface area contributed by atoms with Gasteiger partial charge in [0.25, 0.3) is 0 Å². The smallest absolute Gasteiger partial charge is 0.189 e. The van der Waals surface area contributed by atoms with Crippen molar-refractivity contribution in [2.24, 2.45) is 10.7 Å². The van der Waals surface area contributed by atoms with Gasteiger partial charge >= 0.3 is 0 Å². The van der Waals surface area contributed by atoms with Crippen molar-refractivity contribution < 1.29 is 4.52 Å². The molecule has 0 spiro atoms. The molecular formula is C17H23Cl2IN4O. The average Bonchev–Trinajstić information content (AvgIpc) is 2.83. The van der Waals surface area contributed by atoms with Crippen LogP contribution >= 0.6 is 47.2 Å². The van der Waals surface area contributed by atoms with Crippen molar-refractivity contribution in [3.63, 3.8) is 0 Å². The highest BCUT2D eigenvalue weighted by atomic mass is 127. The number of nitrogens with zero attached hydrogens (tertiary/aromatic N) is 2. The molecule has 0 fully saturated rings. The molecule has 2 aromatic rings. The third-order valence-electron chi connectivity index (χ3n) is 3.91. The van der Waals surface area contributed by atoms with Crippen LogP contribution in [0, 0.1) is 13.8 Å². The van der Waals surface area contributed by atoms with Gasteiger partial charge < -0.3 is 15.6 Å². The normalized spacial score (nSPS) is 13.9. The molecule has 1 aromatic heterocycles. The number of hydrogen-bond acceptors (Lipinski definition) is 3. The summed E-state index contributed by atoms with van der Waals surface area (Å²) in [5, 5.41) is 8.32. The third kappa shape index (κ3) is 5.76. The van der Waals surface area contributed by atoms with Gasteiger partial charge in [0.2, 0.25) is 0 Å². The molecule has 0 aliphatic carbocycles. The number of benzene rings is 1. The van der Waals surface area contributed by atoms with Gasteiger partial charge in [-0.2, -0.15) is 0 Å². The van der Waals surface area contributed by atoms with Crippen molar-refractivity contribution in [1.82, 2.24) is 10.5 Å². The zero-order valence-electron chi connectivity index (χ0n) is 14.6. The Morgan fingerprint density at radius 1 is 1.32 bits per heavy atom. The molecule has 3 N–H and O–H groups in total. The molecule has 0 bridgehead atoms. The lowest BCUT2D eigenvalue weighted by Crippen LogP contribution is -2.34. The molecule has 2 unspecified atom stereocenters. The van der Waals surface area contributed by atoms with Gasteiger partial charge in [-0.05, 0) is 38.5 Å². The van der Waals surface area contributed by atoms with Crippen LogP contribution < -0.4 is 11.1 Å². The molecule has 0 amide bonds. The molecule has 0 radical (unpaired) electrons. The maximum Gasteiger partial charge on any atom is 0.189 e. The topological polar surface area (TPSA) is 76.4 Å². The highest BCUT2D eigenvalue weighted by Crippen LogP contribution is 2.26. The average molecular weight is 497 g/mol. The molecule has 8 heteroatoms. The van der Waals surface area contributed by atoms with Crippen molar-refractivity contribution in [3.8, 4) is 0 Å². The summed E-state index contributed by atoms with van der Waals surface area (Å²) in [6, 6.07) is 5.31. The highest BCUT2D eigenvalue weighted by molar-refractivity contribution is 14.0. The number of hydrogen-bond donors (Lipinski definition) is 2. The van der Waals surface area contributed by atoms with Crippen LogP contribution in [0.25, 0.3) is 0 Å². The first kappa shape index (κ1) is 22.1. The summed E-state index contributed by atoms with van der Waals surface area (Å²) in [5.74, 6) is 1.36. The summed E-state index contributed by atoms with van der Waals surface area (Å²) in [5.41, 5.74) is 8.89. The Bertz CT molecular complexity index is 729. The van der Waals surface area contributed by atoms with Gasteiger partial charge in [0.1, 0.15) is 5.76 Å². The fourth-order valence-electron chi connectivity index (χ4n) is 2.72. The zero-order valence-corrected chi connectivity index (χ0v) is 18.5. The molecule has 1 heterocycles. The number of guanidine groups is 1. The summed E-state index contributed by atoms with van der Waals surface area (Å²) in [7, 11) is 0. The van der Waals surface area contributed by atoms with Crippen molar-refractivity contribution in [2.75, 3.05) is 6.54 Å². The van der Waals surface area contributed by atoms with Crippen LogP contribution in [0.3, 0.4) is 0 Å². The van der Waals surface area contributed by atoms with Crippen molar-refractivity contribution in [1.29, 1.82) is 0 Å². The largest absolute Gasteiger partial charge is 0.370 e. The number of halogens is 3. The Kier molecular flexibility index (Phi) is 8.50. The first-order valence-electron chi connectivity index (χ1n) is 7.73. The lowest BCUT2D eigenvalue weighted by atomic mass is 10.00. The van der Waals surface area contributed by atoms with E-state index in [9.17, 15) is 0 Å². The number of aliphatic imine (C=N–C) groups is 1. The maximum atomic E-state index is 6.22. The van der Waals surface area contributed by atoms with E-state index in [0.29, 0.717) is 22.5 Å². The Balaban J connectivity index is 0.00000312. The summed E-state index contributed by atoms with van der Waals surface area (Å²) in [6.07, 6.45) is 0. The number of aromatic nitrogens is 1.